The molecule has 0 spiro atoms. The first kappa shape index (κ1) is 12.2. The van der Waals surface area contributed by atoms with Crippen molar-refractivity contribution in [2.75, 3.05) is 0 Å². The summed E-state index contributed by atoms with van der Waals surface area (Å²) < 4.78 is 5.76. The SMILES string of the molecule is CC(C)(C)Oc1cccc(C(=O)CC2CC2)c1. The molecule has 1 aliphatic rings. The zero-order valence-electron chi connectivity index (χ0n) is 10.8. The van der Waals surface area contributed by atoms with E-state index < -0.39 is 0 Å². The lowest BCUT2D eigenvalue weighted by atomic mass is 10.1. The van der Waals surface area contributed by atoms with Crippen molar-refractivity contribution in [3.05, 3.63) is 29.8 Å². The number of Topliss-reactive ketones (excluding diaryl/α,β-unsaturated/α-hetero) is 1. The fourth-order valence-corrected chi connectivity index (χ4v) is 1.79. The van der Waals surface area contributed by atoms with Crippen LogP contribution < -0.4 is 4.74 Å². The average molecular weight is 232 g/mol. The summed E-state index contributed by atoms with van der Waals surface area (Å²) in [6, 6.07) is 7.52. The first-order valence-corrected chi connectivity index (χ1v) is 6.26. The molecule has 2 heteroatoms. The van der Waals surface area contributed by atoms with Crippen molar-refractivity contribution in [1.29, 1.82) is 0 Å². The molecular formula is C15H20O2. The second-order valence-electron chi connectivity index (χ2n) is 5.81. The third kappa shape index (κ3) is 3.88. The lowest BCUT2D eigenvalue weighted by Gasteiger charge is -2.21. The minimum atomic E-state index is -0.224. The smallest absolute Gasteiger partial charge is 0.163 e. The lowest BCUT2D eigenvalue weighted by molar-refractivity contribution is 0.0973. The summed E-state index contributed by atoms with van der Waals surface area (Å²) in [6.45, 7) is 6.02. The van der Waals surface area contributed by atoms with Crippen molar-refractivity contribution in [2.45, 2.75) is 45.6 Å². The van der Waals surface area contributed by atoms with Crippen LogP contribution in [0.3, 0.4) is 0 Å². The summed E-state index contributed by atoms with van der Waals surface area (Å²) in [5.74, 6) is 1.65. The van der Waals surface area contributed by atoms with Crippen molar-refractivity contribution in [3.8, 4) is 5.75 Å². The van der Waals surface area contributed by atoms with Gasteiger partial charge in [0.25, 0.3) is 0 Å². The van der Waals surface area contributed by atoms with Crippen molar-refractivity contribution in [1.82, 2.24) is 0 Å². The maximum Gasteiger partial charge on any atom is 0.163 e. The van der Waals surface area contributed by atoms with Crippen LogP contribution in [-0.2, 0) is 0 Å². The normalized spacial score (nSPS) is 15.7. The van der Waals surface area contributed by atoms with E-state index in [1.165, 1.54) is 12.8 Å². The standard InChI is InChI=1S/C15H20O2/c1-15(2,3)17-13-6-4-5-12(10-13)14(16)9-11-7-8-11/h4-6,10-11H,7-9H2,1-3H3. The zero-order chi connectivity index (χ0) is 12.5. The molecule has 92 valence electrons. The van der Waals surface area contributed by atoms with Crippen LogP contribution >= 0.6 is 0 Å². The van der Waals surface area contributed by atoms with Crippen LogP contribution in [0.25, 0.3) is 0 Å². The van der Waals surface area contributed by atoms with Crippen LogP contribution in [0.1, 0.15) is 50.4 Å². The van der Waals surface area contributed by atoms with Crippen LogP contribution in [0, 0.1) is 5.92 Å². The van der Waals surface area contributed by atoms with Gasteiger partial charge in [-0.05, 0) is 51.7 Å². The van der Waals surface area contributed by atoms with Crippen molar-refractivity contribution in [2.24, 2.45) is 5.92 Å². The molecule has 0 heterocycles. The molecule has 17 heavy (non-hydrogen) atoms. The summed E-state index contributed by atoms with van der Waals surface area (Å²) >= 11 is 0. The molecule has 1 aromatic rings. The van der Waals surface area contributed by atoms with Crippen LogP contribution in [0.2, 0.25) is 0 Å². The average Bonchev–Trinajstić information content (AvgIpc) is 2.99. The van der Waals surface area contributed by atoms with Gasteiger partial charge in [0.2, 0.25) is 0 Å². The summed E-state index contributed by atoms with van der Waals surface area (Å²) in [4.78, 5) is 12.0. The molecule has 0 radical (unpaired) electrons. The fraction of sp³-hybridized carbons (Fsp3) is 0.533. The highest BCUT2D eigenvalue weighted by molar-refractivity contribution is 5.96. The number of ketones is 1. The van der Waals surface area contributed by atoms with E-state index in [0.29, 0.717) is 12.3 Å². The third-order valence-corrected chi connectivity index (χ3v) is 2.75. The van der Waals surface area contributed by atoms with E-state index >= 15 is 0 Å². The molecule has 0 aliphatic heterocycles. The van der Waals surface area contributed by atoms with Crippen molar-refractivity contribution < 1.29 is 9.53 Å². The number of hydrogen-bond acceptors (Lipinski definition) is 2. The Bertz CT molecular complexity index is 411. The van der Waals surface area contributed by atoms with E-state index in [0.717, 1.165) is 11.3 Å². The van der Waals surface area contributed by atoms with Gasteiger partial charge in [0.05, 0.1) is 0 Å². The Morgan fingerprint density at radius 1 is 1.35 bits per heavy atom. The van der Waals surface area contributed by atoms with Gasteiger partial charge in [0, 0.05) is 12.0 Å². The molecule has 0 bridgehead atoms. The highest BCUT2D eigenvalue weighted by Crippen LogP contribution is 2.33. The summed E-state index contributed by atoms with van der Waals surface area (Å²) in [7, 11) is 0. The first-order chi connectivity index (χ1) is 7.94. The number of carbonyl (C=O) groups is 1. The van der Waals surface area contributed by atoms with Crippen LogP contribution in [-0.4, -0.2) is 11.4 Å². The van der Waals surface area contributed by atoms with Gasteiger partial charge >= 0.3 is 0 Å². The highest BCUT2D eigenvalue weighted by atomic mass is 16.5. The van der Waals surface area contributed by atoms with Crippen LogP contribution in [0.4, 0.5) is 0 Å². The topological polar surface area (TPSA) is 26.3 Å². The van der Waals surface area contributed by atoms with Crippen molar-refractivity contribution in [3.63, 3.8) is 0 Å². The molecule has 0 N–H and O–H groups in total. The van der Waals surface area contributed by atoms with Gasteiger partial charge < -0.3 is 4.74 Å². The van der Waals surface area contributed by atoms with Gasteiger partial charge in [-0.1, -0.05) is 12.1 Å². The van der Waals surface area contributed by atoms with Gasteiger partial charge in [0.1, 0.15) is 11.4 Å². The number of ether oxygens (including phenoxy) is 1. The predicted molar refractivity (Wildman–Crippen MR) is 68.5 cm³/mol. The molecule has 2 nitrogen and oxygen atoms in total. The number of rotatable bonds is 4. The molecule has 0 amide bonds. The highest BCUT2D eigenvalue weighted by Gasteiger charge is 2.25. The van der Waals surface area contributed by atoms with Gasteiger partial charge in [-0.2, -0.15) is 0 Å². The first-order valence-electron chi connectivity index (χ1n) is 6.26. The molecule has 1 fully saturated rings. The Morgan fingerprint density at radius 2 is 2.06 bits per heavy atom. The summed E-state index contributed by atoms with van der Waals surface area (Å²) in [6.07, 6.45) is 3.12. The third-order valence-electron chi connectivity index (χ3n) is 2.75. The van der Waals surface area contributed by atoms with Crippen molar-refractivity contribution >= 4 is 5.78 Å². The van der Waals surface area contributed by atoms with E-state index in [9.17, 15) is 4.79 Å². The number of carbonyl (C=O) groups excluding carboxylic acids is 1. The Balaban J connectivity index is 2.07. The Kier molecular flexibility index (Phi) is 3.23. The van der Waals surface area contributed by atoms with Gasteiger partial charge in [0.15, 0.2) is 5.78 Å². The predicted octanol–water partition coefficient (Wildman–Crippen LogP) is 3.85. The minimum absolute atomic E-state index is 0.224. The largest absolute Gasteiger partial charge is 0.488 e. The molecule has 0 atom stereocenters. The monoisotopic (exact) mass is 232 g/mol. The van der Waals surface area contributed by atoms with E-state index in [4.69, 9.17) is 4.74 Å². The fourth-order valence-electron chi connectivity index (χ4n) is 1.79. The van der Waals surface area contributed by atoms with Crippen LogP contribution in [0.5, 0.6) is 5.75 Å². The zero-order valence-corrected chi connectivity index (χ0v) is 10.8. The molecule has 0 unspecified atom stereocenters. The molecular weight excluding hydrogens is 212 g/mol. The van der Waals surface area contributed by atoms with E-state index in [1.54, 1.807) is 0 Å². The van der Waals surface area contributed by atoms with E-state index in [-0.39, 0.29) is 11.4 Å². The van der Waals surface area contributed by atoms with E-state index in [2.05, 4.69) is 0 Å². The summed E-state index contributed by atoms with van der Waals surface area (Å²) in [5.41, 5.74) is 0.552. The van der Waals surface area contributed by atoms with Crippen LogP contribution in [0.15, 0.2) is 24.3 Å². The Morgan fingerprint density at radius 3 is 2.65 bits per heavy atom. The summed E-state index contributed by atoms with van der Waals surface area (Å²) in [5, 5.41) is 0. The molecule has 1 aromatic carbocycles. The van der Waals surface area contributed by atoms with E-state index in [1.807, 2.05) is 45.0 Å². The Labute approximate surface area is 103 Å². The van der Waals surface area contributed by atoms with Gasteiger partial charge in [-0.25, -0.2) is 0 Å². The molecule has 2 rings (SSSR count). The Hall–Kier alpha value is -1.31. The minimum Gasteiger partial charge on any atom is -0.488 e. The quantitative estimate of drug-likeness (QED) is 0.737. The lowest BCUT2D eigenvalue weighted by Crippen LogP contribution is -2.23. The molecule has 0 saturated heterocycles. The molecule has 0 aromatic heterocycles. The number of benzene rings is 1. The maximum atomic E-state index is 12.0. The number of hydrogen-bond donors (Lipinski definition) is 0. The van der Waals surface area contributed by atoms with Gasteiger partial charge in [-0.3, -0.25) is 4.79 Å². The second kappa shape index (κ2) is 4.52. The second-order valence-corrected chi connectivity index (χ2v) is 5.81. The molecule has 1 saturated carbocycles. The maximum absolute atomic E-state index is 12.0. The van der Waals surface area contributed by atoms with Gasteiger partial charge in [-0.15, -0.1) is 0 Å². The molecule has 1 aliphatic carbocycles.